The predicted molar refractivity (Wildman–Crippen MR) is 292 cm³/mol. The van der Waals surface area contributed by atoms with Gasteiger partial charge in [-0.15, -0.1) is 21.5 Å². The Morgan fingerprint density at radius 3 is 2.34 bits per heavy atom. The van der Waals surface area contributed by atoms with Crippen LogP contribution in [0.25, 0.3) is 42.8 Å². The number of likely N-dealkylation sites (tertiary alicyclic amines) is 2. The first-order chi connectivity index (χ1) is 37.0. The molecule has 1 aromatic carbocycles. The summed E-state index contributed by atoms with van der Waals surface area (Å²) in [6.45, 7) is 17.3. The highest BCUT2D eigenvalue weighted by Gasteiger charge is 2.54. The Morgan fingerprint density at radius 2 is 1.68 bits per heavy atom. The summed E-state index contributed by atoms with van der Waals surface area (Å²) in [7, 11) is 1.87. The van der Waals surface area contributed by atoms with Gasteiger partial charge in [0.05, 0.1) is 69.9 Å². The lowest BCUT2D eigenvalue weighted by Crippen LogP contribution is -2.59. The lowest BCUT2D eigenvalue weighted by Gasteiger charge is -2.47. The summed E-state index contributed by atoms with van der Waals surface area (Å²) in [6, 6.07) is 13.4. The van der Waals surface area contributed by atoms with Crippen molar-refractivity contribution in [3.05, 3.63) is 89.1 Å². The molecule has 4 saturated heterocycles. The Labute approximate surface area is 454 Å². The fraction of sp³-hybridized carbons (Fsp3) is 0.491. The van der Waals surface area contributed by atoms with E-state index in [1.807, 2.05) is 67.5 Å². The fourth-order valence-electron chi connectivity index (χ4n) is 11.8. The van der Waals surface area contributed by atoms with Gasteiger partial charge in [0, 0.05) is 76.2 Å². The van der Waals surface area contributed by atoms with E-state index in [2.05, 4.69) is 45.8 Å². The van der Waals surface area contributed by atoms with Crippen molar-refractivity contribution in [1.82, 2.24) is 55.1 Å². The van der Waals surface area contributed by atoms with Crippen molar-refractivity contribution in [3.8, 4) is 32.4 Å². The largest absolute Gasteiger partial charge is 0.391 e. The van der Waals surface area contributed by atoms with E-state index in [9.17, 15) is 28.7 Å². The van der Waals surface area contributed by atoms with Gasteiger partial charge in [-0.05, 0) is 86.3 Å². The van der Waals surface area contributed by atoms with E-state index >= 15 is 0 Å². The van der Waals surface area contributed by atoms with Crippen molar-refractivity contribution in [2.75, 3.05) is 50.0 Å². The van der Waals surface area contributed by atoms with Crippen molar-refractivity contribution < 1.29 is 28.7 Å². The highest BCUT2D eigenvalue weighted by atomic mass is 32.1. The minimum atomic E-state index is -2.00. The monoisotopic (exact) mass is 1080 g/mol. The number of aliphatic hydroxyl groups is 1. The molecule has 5 aromatic heterocycles. The molecule has 6 atom stereocenters. The van der Waals surface area contributed by atoms with Gasteiger partial charge in [0.25, 0.3) is 5.91 Å². The van der Waals surface area contributed by atoms with Crippen molar-refractivity contribution in [2.24, 2.45) is 5.41 Å². The first kappa shape index (κ1) is 52.1. The number of alkyl halides is 1. The molecule has 6 aromatic rings. The van der Waals surface area contributed by atoms with Gasteiger partial charge in [-0.3, -0.25) is 29.1 Å². The quantitative estimate of drug-likeness (QED) is 0.0826. The molecule has 0 spiro atoms. The molecule has 2 unspecified atom stereocenters. The van der Waals surface area contributed by atoms with Gasteiger partial charge in [0.2, 0.25) is 28.5 Å². The molecule has 77 heavy (non-hydrogen) atoms. The molecule has 19 nitrogen and oxygen atoms in total. The number of aromatic nitrogens is 6. The van der Waals surface area contributed by atoms with E-state index < -0.39 is 53.0 Å². The Bertz CT molecular complexity index is 3250. The van der Waals surface area contributed by atoms with Crippen LogP contribution in [0.1, 0.15) is 89.4 Å². The van der Waals surface area contributed by atoms with Crippen LogP contribution < -0.4 is 20.9 Å². The maximum atomic E-state index is 14.9. The molecule has 4 aliphatic heterocycles. The SMILES string of the molecule is [C-]#[N+]c1cnn2c(-c3cc(NC)c(-c4nnc(N5CC6CCC(C5)N6C5CCN(C(=O)C[C@H](NC(=O)[C@@H]6C[C@@H](O)CN6C(=O)[C@@H](NC(=O)C6(F)CC6)C(C)(C)C)c6ccc(-c7scnc7C)cc6)CC5)s4)cn3)ccc2c1. The zero-order valence-electron chi connectivity index (χ0n) is 43.8. The van der Waals surface area contributed by atoms with Crippen LogP contribution >= 0.6 is 22.7 Å². The van der Waals surface area contributed by atoms with E-state index in [1.54, 1.807) is 54.4 Å². The number of nitrogens with one attached hydrogen (secondary N) is 3. The number of piperidine rings is 1. The molecule has 9 heterocycles. The van der Waals surface area contributed by atoms with Gasteiger partial charge >= 0.3 is 0 Å². The zero-order valence-corrected chi connectivity index (χ0v) is 45.4. The molecular weight excluding hydrogens is 1020 g/mol. The first-order valence-electron chi connectivity index (χ1n) is 26.4. The van der Waals surface area contributed by atoms with Gasteiger partial charge in [-0.1, -0.05) is 56.4 Å². The minimum absolute atomic E-state index is 0.0186. The molecule has 0 radical (unpaired) electrons. The van der Waals surface area contributed by atoms with E-state index in [0.717, 1.165) is 93.2 Å². The molecule has 5 aliphatic rings. The second kappa shape index (κ2) is 20.8. The van der Waals surface area contributed by atoms with Crippen molar-refractivity contribution in [1.29, 1.82) is 0 Å². The smallest absolute Gasteiger partial charge is 0.258 e. The molecule has 22 heteroatoms. The Kier molecular flexibility index (Phi) is 14.1. The molecule has 1 aliphatic carbocycles. The third kappa shape index (κ3) is 10.4. The number of β-amino-alcohol motifs (C(OH)–C–C–N with tert-alkyl or cyclic N) is 1. The van der Waals surface area contributed by atoms with E-state index in [4.69, 9.17) is 16.7 Å². The molecular formula is C55H63FN14O5S2. The number of halogens is 1. The summed E-state index contributed by atoms with van der Waals surface area (Å²) in [4.78, 5) is 78.1. The molecule has 4 amide bonds. The van der Waals surface area contributed by atoms with Crippen LogP contribution in [0.15, 0.2) is 66.4 Å². The second-order valence-corrected chi connectivity index (χ2v) is 24.1. The molecule has 2 bridgehead atoms. The average Bonchev–Trinajstić information content (AvgIpc) is 4.04. The summed E-state index contributed by atoms with van der Waals surface area (Å²) in [5.41, 5.74) is 6.11. The maximum Gasteiger partial charge on any atom is 0.258 e. The van der Waals surface area contributed by atoms with Gasteiger partial charge in [0.1, 0.15) is 12.1 Å². The number of carbonyl (C=O) groups is 4. The maximum absolute atomic E-state index is 14.9. The van der Waals surface area contributed by atoms with Crippen molar-refractivity contribution in [2.45, 2.75) is 127 Å². The van der Waals surface area contributed by atoms with Crippen LogP contribution in [0.5, 0.6) is 0 Å². The number of hydrogen-bond donors (Lipinski definition) is 4. The number of aliphatic hydroxyl groups excluding tert-OH is 1. The van der Waals surface area contributed by atoms with Gasteiger partial charge in [0.15, 0.2) is 10.7 Å². The van der Waals surface area contributed by atoms with Crippen molar-refractivity contribution >= 4 is 68.3 Å². The van der Waals surface area contributed by atoms with E-state index in [0.29, 0.717) is 42.5 Å². The Morgan fingerprint density at radius 1 is 0.935 bits per heavy atom. The standard InChI is InChI=1S/C55H63FN14O5S2/c1-31-47(76-30-60-31)33-9-7-32(8-10-33)41(62-49(73)45-22-39(71)29-68(45)51(74)48(54(2,3)4)63-52(75)55(56)17-18-55)24-46(72)66-19-15-35(16-20-66)69-37-11-12-38(69)28-67(27-37)53-65-64-50(77-53)40-26-59-43(23-42(40)58-6)44-14-13-36-21-34(57-5)25-61-70(36)44/h7-10,13-14,21,23,25-26,30,35,37-39,41,45,48,71H,11-12,15-20,22,24,27-29H2,1-4,6H3,(H,58,59)(H,62,73)(H,63,75)/t37?,38?,39-,41+,45+,48-/m1/s1. The Hall–Kier alpha value is -6.93. The molecule has 1 saturated carbocycles. The topological polar surface area (TPSA) is 211 Å². The van der Waals surface area contributed by atoms with E-state index in [-0.39, 0.29) is 38.1 Å². The number of fused-ring (bicyclic) bond motifs is 3. The average molecular weight is 1080 g/mol. The first-order valence-corrected chi connectivity index (χ1v) is 28.1. The Balaban J connectivity index is 0.741. The summed E-state index contributed by atoms with van der Waals surface area (Å²) in [5, 5.41) is 35.4. The second-order valence-electron chi connectivity index (χ2n) is 22.3. The third-order valence-corrected chi connectivity index (χ3v) is 18.1. The normalized spacial score (nSPS) is 22.2. The molecule has 11 rings (SSSR count). The number of amides is 4. The van der Waals surface area contributed by atoms with Crippen LogP contribution in [0, 0.1) is 18.9 Å². The number of rotatable bonds is 14. The van der Waals surface area contributed by atoms with Crippen molar-refractivity contribution in [3.63, 3.8) is 0 Å². The van der Waals surface area contributed by atoms with Crippen LogP contribution in [-0.2, 0) is 19.2 Å². The number of anilines is 2. The molecule has 5 fully saturated rings. The third-order valence-electron chi connectivity index (χ3n) is 16.1. The lowest BCUT2D eigenvalue weighted by atomic mass is 9.85. The zero-order chi connectivity index (χ0) is 53.9. The fourth-order valence-corrected chi connectivity index (χ4v) is 13.5. The summed E-state index contributed by atoms with van der Waals surface area (Å²) in [6.07, 6.45) is 6.30. The summed E-state index contributed by atoms with van der Waals surface area (Å²) < 4.78 is 16.6. The van der Waals surface area contributed by atoms with Crippen LogP contribution in [-0.4, -0.2) is 155 Å². The van der Waals surface area contributed by atoms with Crippen LogP contribution in [0.2, 0.25) is 0 Å². The molecule has 402 valence electrons. The number of nitrogens with zero attached hydrogens (tertiary/aromatic N) is 11. The van der Waals surface area contributed by atoms with Gasteiger partial charge in [-0.2, -0.15) is 5.10 Å². The van der Waals surface area contributed by atoms with E-state index in [1.165, 1.54) is 16.2 Å². The number of thiazole rings is 1. The highest BCUT2D eigenvalue weighted by Crippen LogP contribution is 2.42. The number of aryl methyl sites for hydroxylation is 1. The van der Waals surface area contributed by atoms with Gasteiger partial charge in [-0.25, -0.2) is 18.7 Å². The summed E-state index contributed by atoms with van der Waals surface area (Å²) in [5.74, 6) is -2.04. The predicted octanol–water partition coefficient (Wildman–Crippen LogP) is 6.83. The number of carbonyl (C=O) groups excluding carboxylic acids is 4. The molecule has 4 N–H and O–H groups in total. The van der Waals surface area contributed by atoms with Crippen LogP contribution in [0.3, 0.4) is 0 Å². The van der Waals surface area contributed by atoms with Crippen LogP contribution in [0.4, 0.5) is 20.9 Å². The minimum Gasteiger partial charge on any atom is -0.391 e. The highest BCUT2D eigenvalue weighted by molar-refractivity contribution is 7.18. The summed E-state index contributed by atoms with van der Waals surface area (Å²) >= 11 is 3.09. The number of pyridine rings is 1. The number of benzene rings is 1. The number of piperazine rings is 1. The lowest BCUT2D eigenvalue weighted by molar-refractivity contribution is -0.145. The number of hydrogen-bond acceptors (Lipinski definition) is 15. The van der Waals surface area contributed by atoms with Gasteiger partial charge < -0.3 is 35.8 Å².